The van der Waals surface area contributed by atoms with E-state index in [4.69, 9.17) is 22.9 Å². The smallest absolute Gasteiger partial charge is 0.326 e. The highest BCUT2D eigenvalue weighted by molar-refractivity contribution is 5.96. The van der Waals surface area contributed by atoms with Crippen molar-refractivity contribution in [3.63, 3.8) is 0 Å². The van der Waals surface area contributed by atoms with Crippen molar-refractivity contribution in [2.75, 3.05) is 6.54 Å². The van der Waals surface area contributed by atoms with Crippen molar-refractivity contribution in [1.82, 2.24) is 20.9 Å². The van der Waals surface area contributed by atoms with Crippen molar-refractivity contribution in [3.8, 4) is 0 Å². The topological polar surface area (TPSA) is 279 Å². The van der Waals surface area contributed by atoms with Gasteiger partial charge in [0.05, 0.1) is 18.9 Å². The average Bonchev–Trinajstić information content (AvgIpc) is 3.29. The minimum Gasteiger partial charge on any atom is -0.480 e. The molecule has 0 spiro atoms. The third-order valence-electron chi connectivity index (χ3n) is 6.09. The predicted molar refractivity (Wildman–Crippen MR) is 144 cm³/mol. The number of aromatic amines is 1. The Balaban J connectivity index is 2.14. The summed E-state index contributed by atoms with van der Waals surface area (Å²) in [5.41, 5.74) is 23.6. The lowest BCUT2D eigenvalue weighted by Gasteiger charge is -2.24. The number of fused-ring (bicyclic) bond motifs is 1. The lowest BCUT2D eigenvalue weighted by molar-refractivity contribution is -0.144. The Kier molecular flexibility index (Phi) is 12.0. The van der Waals surface area contributed by atoms with E-state index in [1.165, 1.54) is 0 Å². The molecule has 13 N–H and O–H groups in total. The maximum atomic E-state index is 13.1. The van der Waals surface area contributed by atoms with Gasteiger partial charge in [-0.15, -0.1) is 0 Å². The van der Waals surface area contributed by atoms with Gasteiger partial charge in [0.25, 0.3) is 0 Å². The number of unbranched alkanes of at least 4 members (excludes halogenated alkanes) is 1. The number of aromatic nitrogens is 1. The van der Waals surface area contributed by atoms with Gasteiger partial charge in [-0.3, -0.25) is 24.0 Å². The molecule has 40 heavy (non-hydrogen) atoms. The van der Waals surface area contributed by atoms with Crippen molar-refractivity contribution >= 4 is 46.4 Å². The molecule has 0 radical (unpaired) electrons. The number of primary amides is 2. The van der Waals surface area contributed by atoms with Gasteiger partial charge in [0.15, 0.2) is 0 Å². The van der Waals surface area contributed by atoms with Gasteiger partial charge in [0.1, 0.15) is 18.1 Å². The standard InChI is InChI=1S/C25H36N8O7/c26-8-4-3-7-17(23(37)33-19(25(39)40)11-21(29)35)31-24(38)18(10-20(28)34)32-22(36)15(27)9-13-12-30-16-6-2-1-5-14(13)16/h1-2,5-6,12,15,17-19,30H,3-4,7-11,26-27H2,(H2,28,34)(H2,29,35)(H,31,38)(H,32,36)(H,33,37)(H,39,40). The molecule has 15 nitrogen and oxygen atoms in total. The molecular formula is C25H36N8O7. The van der Waals surface area contributed by atoms with Crippen LogP contribution in [0.15, 0.2) is 30.5 Å². The summed E-state index contributed by atoms with van der Waals surface area (Å²) in [4.78, 5) is 76.2. The molecule has 0 aliphatic rings. The number of nitrogens with two attached hydrogens (primary N) is 4. The van der Waals surface area contributed by atoms with Crippen LogP contribution in [0.2, 0.25) is 0 Å². The second-order valence-electron chi connectivity index (χ2n) is 9.32. The highest BCUT2D eigenvalue weighted by Gasteiger charge is 2.31. The molecule has 0 fully saturated rings. The van der Waals surface area contributed by atoms with Crippen LogP contribution in [0.4, 0.5) is 0 Å². The molecule has 0 bridgehead atoms. The molecule has 15 heteroatoms. The van der Waals surface area contributed by atoms with Gasteiger partial charge in [-0.1, -0.05) is 18.2 Å². The lowest BCUT2D eigenvalue weighted by atomic mass is 10.0. The van der Waals surface area contributed by atoms with Gasteiger partial charge < -0.3 is 49.0 Å². The average molecular weight is 561 g/mol. The Bertz CT molecular complexity index is 1230. The van der Waals surface area contributed by atoms with Crippen molar-refractivity contribution in [2.24, 2.45) is 22.9 Å². The van der Waals surface area contributed by atoms with E-state index in [1.807, 2.05) is 24.3 Å². The van der Waals surface area contributed by atoms with Gasteiger partial charge in [-0.05, 0) is 43.9 Å². The van der Waals surface area contributed by atoms with Crippen LogP contribution in [0.1, 0.15) is 37.7 Å². The van der Waals surface area contributed by atoms with Crippen molar-refractivity contribution in [1.29, 1.82) is 0 Å². The van der Waals surface area contributed by atoms with Crippen molar-refractivity contribution in [3.05, 3.63) is 36.0 Å². The van der Waals surface area contributed by atoms with Gasteiger partial charge in [0, 0.05) is 17.1 Å². The first-order valence-electron chi connectivity index (χ1n) is 12.6. The maximum Gasteiger partial charge on any atom is 0.326 e. The molecular weight excluding hydrogens is 524 g/mol. The minimum absolute atomic E-state index is 0.0506. The van der Waals surface area contributed by atoms with Crippen LogP contribution in [-0.2, 0) is 35.2 Å². The second kappa shape index (κ2) is 15.2. The second-order valence-corrected chi connectivity index (χ2v) is 9.32. The number of benzene rings is 1. The highest BCUT2D eigenvalue weighted by Crippen LogP contribution is 2.18. The normalized spacial score (nSPS) is 13.9. The van der Waals surface area contributed by atoms with E-state index in [0.717, 1.165) is 16.5 Å². The van der Waals surface area contributed by atoms with E-state index in [1.54, 1.807) is 6.20 Å². The predicted octanol–water partition coefficient (Wildman–Crippen LogP) is -2.54. The van der Waals surface area contributed by atoms with E-state index in [9.17, 15) is 33.9 Å². The Morgan fingerprint density at radius 2 is 1.40 bits per heavy atom. The molecule has 2 rings (SSSR count). The maximum absolute atomic E-state index is 13.1. The summed E-state index contributed by atoms with van der Waals surface area (Å²) >= 11 is 0. The fourth-order valence-corrected chi connectivity index (χ4v) is 4.03. The van der Waals surface area contributed by atoms with Crippen LogP contribution in [0.3, 0.4) is 0 Å². The lowest BCUT2D eigenvalue weighted by Crippen LogP contribution is -2.58. The largest absolute Gasteiger partial charge is 0.480 e. The molecule has 1 heterocycles. The first kappa shape index (κ1) is 31.7. The zero-order chi connectivity index (χ0) is 29.8. The fourth-order valence-electron chi connectivity index (χ4n) is 4.03. The van der Waals surface area contributed by atoms with Crippen LogP contribution in [0, 0.1) is 0 Å². The number of aliphatic carboxylic acids is 1. The van der Waals surface area contributed by atoms with Crippen molar-refractivity contribution in [2.45, 2.75) is 62.7 Å². The molecule has 0 saturated carbocycles. The van der Waals surface area contributed by atoms with Crippen LogP contribution < -0.4 is 38.9 Å². The van der Waals surface area contributed by atoms with Gasteiger partial charge in [-0.2, -0.15) is 0 Å². The quantitative estimate of drug-likeness (QED) is 0.0920. The van der Waals surface area contributed by atoms with E-state index in [0.29, 0.717) is 19.4 Å². The number of carbonyl (C=O) groups excluding carboxylic acids is 5. The number of para-hydroxylation sites is 1. The zero-order valence-corrected chi connectivity index (χ0v) is 21.9. The Labute approximate surface area is 229 Å². The number of rotatable bonds is 17. The van der Waals surface area contributed by atoms with E-state index in [-0.39, 0.29) is 12.8 Å². The third kappa shape index (κ3) is 9.67. The van der Waals surface area contributed by atoms with E-state index < -0.39 is 72.5 Å². The summed E-state index contributed by atoms with van der Waals surface area (Å²) in [5, 5.41) is 17.2. The summed E-state index contributed by atoms with van der Waals surface area (Å²) in [6.45, 7) is 0.302. The first-order chi connectivity index (χ1) is 18.9. The molecule has 218 valence electrons. The number of hydrogen-bond acceptors (Lipinski definition) is 8. The van der Waals surface area contributed by atoms with Crippen LogP contribution in [-0.4, -0.2) is 76.3 Å². The van der Waals surface area contributed by atoms with Crippen LogP contribution >= 0.6 is 0 Å². The molecule has 4 unspecified atom stereocenters. The molecule has 1 aromatic carbocycles. The molecule has 1 aromatic heterocycles. The molecule has 4 atom stereocenters. The Morgan fingerprint density at radius 3 is 2.02 bits per heavy atom. The highest BCUT2D eigenvalue weighted by atomic mass is 16.4. The number of carbonyl (C=O) groups is 6. The van der Waals surface area contributed by atoms with Crippen LogP contribution in [0.25, 0.3) is 10.9 Å². The van der Waals surface area contributed by atoms with E-state index in [2.05, 4.69) is 20.9 Å². The van der Waals surface area contributed by atoms with Gasteiger partial charge >= 0.3 is 5.97 Å². The molecule has 0 aliphatic carbocycles. The molecule has 0 saturated heterocycles. The number of amides is 5. The summed E-state index contributed by atoms with van der Waals surface area (Å²) in [7, 11) is 0. The Hall–Kier alpha value is -4.50. The zero-order valence-electron chi connectivity index (χ0n) is 21.9. The molecule has 0 aliphatic heterocycles. The fraction of sp³-hybridized carbons (Fsp3) is 0.440. The monoisotopic (exact) mass is 560 g/mol. The molecule has 5 amide bonds. The summed E-state index contributed by atoms with van der Waals surface area (Å²) in [6, 6.07) is 1.97. The van der Waals surface area contributed by atoms with Crippen LogP contribution in [0.5, 0.6) is 0 Å². The number of nitrogens with one attached hydrogen (secondary N) is 4. The molecule has 2 aromatic rings. The summed E-state index contributed by atoms with van der Waals surface area (Å²) in [6.07, 6.45) is 1.51. The van der Waals surface area contributed by atoms with E-state index >= 15 is 0 Å². The number of carboxylic acid groups (broad SMARTS) is 1. The number of H-pyrrole nitrogens is 1. The first-order valence-corrected chi connectivity index (χ1v) is 12.6. The third-order valence-corrected chi connectivity index (χ3v) is 6.09. The SMILES string of the molecule is NCCCCC(NC(=O)C(CC(N)=O)NC(=O)C(N)Cc1c[nH]c2ccccc12)C(=O)NC(CC(N)=O)C(=O)O. The number of carboxylic acids is 1. The summed E-state index contributed by atoms with van der Waals surface area (Å²) in [5.74, 6) is -5.91. The Morgan fingerprint density at radius 1 is 0.825 bits per heavy atom. The summed E-state index contributed by atoms with van der Waals surface area (Å²) < 4.78 is 0. The van der Waals surface area contributed by atoms with Crippen molar-refractivity contribution < 1.29 is 33.9 Å². The number of hydrogen-bond donors (Lipinski definition) is 9. The minimum atomic E-state index is -1.62. The van der Waals surface area contributed by atoms with Gasteiger partial charge in [0.2, 0.25) is 29.5 Å². The van der Waals surface area contributed by atoms with Gasteiger partial charge in [-0.25, -0.2) is 4.79 Å².